The van der Waals surface area contributed by atoms with Crippen LogP contribution in [0.3, 0.4) is 0 Å². The van der Waals surface area contributed by atoms with E-state index in [2.05, 4.69) is 18.2 Å². The highest BCUT2D eigenvalue weighted by atomic mass is 16.5. The molecule has 1 fully saturated rings. The lowest BCUT2D eigenvalue weighted by molar-refractivity contribution is -0.147. The number of benzene rings is 1. The molecule has 25 heavy (non-hydrogen) atoms. The van der Waals surface area contributed by atoms with Crippen molar-refractivity contribution < 1.29 is 14.8 Å². The minimum atomic E-state index is -0.559. The molecule has 2 amide bonds. The van der Waals surface area contributed by atoms with Gasteiger partial charge in [0.25, 0.3) is 0 Å². The molecule has 2 aliphatic rings. The van der Waals surface area contributed by atoms with Crippen LogP contribution < -0.4 is 5.48 Å². The van der Waals surface area contributed by atoms with Gasteiger partial charge >= 0.3 is 0 Å². The molecule has 0 spiro atoms. The van der Waals surface area contributed by atoms with E-state index >= 15 is 0 Å². The van der Waals surface area contributed by atoms with Crippen molar-refractivity contribution >= 4 is 17.4 Å². The van der Waals surface area contributed by atoms with E-state index in [1.165, 1.54) is 11.1 Å². The number of carbonyl (C=O) groups is 2. The van der Waals surface area contributed by atoms with Crippen LogP contribution in [0.15, 0.2) is 36.4 Å². The van der Waals surface area contributed by atoms with Gasteiger partial charge in [-0.1, -0.05) is 36.4 Å². The predicted octanol–water partition coefficient (Wildman–Crippen LogP) is 1.33. The summed E-state index contributed by atoms with van der Waals surface area (Å²) < 4.78 is 0. The number of rotatable bonds is 3. The molecule has 0 aromatic heterocycles. The number of amides is 2. The fraction of sp³-hybridized carbons (Fsp3) is 0.421. The second-order valence-electron chi connectivity index (χ2n) is 6.62. The molecule has 1 radical (unpaired) electrons. The summed E-state index contributed by atoms with van der Waals surface area (Å²) in [6, 6.07) is 9.64. The first-order chi connectivity index (χ1) is 12.1. The quantitative estimate of drug-likeness (QED) is 0.642. The zero-order valence-electron chi connectivity index (χ0n) is 14.4. The van der Waals surface area contributed by atoms with Crippen molar-refractivity contribution in [3.8, 4) is 0 Å². The van der Waals surface area contributed by atoms with Crippen LogP contribution in [-0.4, -0.2) is 59.5 Å². The highest BCUT2D eigenvalue weighted by Crippen LogP contribution is 2.27. The second kappa shape index (κ2) is 7.80. The monoisotopic (exact) mass is 342 g/mol. The molecule has 1 aromatic carbocycles. The Bertz CT molecular complexity index is 659. The van der Waals surface area contributed by atoms with Crippen molar-refractivity contribution in [2.24, 2.45) is 5.92 Å². The van der Waals surface area contributed by atoms with Gasteiger partial charge in [-0.2, -0.15) is 0 Å². The van der Waals surface area contributed by atoms with Crippen LogP contribution in [0.2, 0.25) is 0 Å². The van der Waals surface area contributed by atoms with Crippen molar-refractivity contribution in [3.63, 3.8) is 0 Å². The van der Waals surface area contributed by atoms with Crippen LogP contribution in [0.1, 0.15) is 18.4 Å². The van der Waals surface area contributed by atoms with Gasteiger partial charge in [-0.05, 0) is 37.4 Å². The van der Waals surface area contributed by atoms with E-state index < -0.39 is 17.9 Å². The number of likely N-dealkylation sites (tertiary alicyclic amines) is 1. The number of nitrogens with one attached hydrogen (secondary N) is 1. The van der Waals surface area contributed by atoms with E-state index in [4.69, 9.17) is 5.21 Å². The summed E-state index contributed by atoms with van der Waals surface area (Å²) in [5, 5.41) is 8.98. The van der Waals surface area contributed by atoms with E-state index in [1.807, 2.05) is 36.6 Å². The van der Waals surface area contributed by atoms with Crippen molar-refractivity contribution in [1.29, 1.82) is 0 Å². The molecule has 0 aliphatic carbocycles. The fourth-order valence-electron chi connectivity index (χ4n) is 3.67. The summed E-state index contributed by atoms with van der Waals surface area (Å²) in [6.45, 7) is 1.84. The average Bonchev–Trinajstić information content (AvgIpc) is 2.67. The summed E-state index contributed by atoms with van der Waals surface area (Å²) in [5.41, 5.74) is 4.14. The molecule has 1 aromatic rings. The average molecular weight is 342 g/mol. The number of piperidine rings is 1. The first-order valence-electron chi connectivity index (χ1n) is 8.61. The molecule has 0 saturated carbocycles. The maximum absolute atomic E-state index is 13.0. The Morgan fingerprint density at radius 2 is 1.96 bits per heavy atom. The maximum atomic E-state index is 13.0. The van der Waals surface area contributed by atoms with E-state index in [-0.39, 0.29) is 5.91 Å². The SMILES string of the molecule is CN1C[CH]C[C@H](C(=O)NO)[C@H]1C(=O)N1CC=C(c2ccccc2)CC1. The Hall–Kier alpha value is -2.18. The van der Waals surface area contributed by atoms with Gasteiger partial charge in [-0.25, -0.2) is 5.48 Å². The first-order valence-corrected chi connectivity index (χ1v) is 8.61. The predicted molar refractivity (Wildman–Crippen MR) is 94.4 cm³/mol. The summed E-state index contributed by atoms with van der Waals surface area (Å²) in [5.74, 6) is -1.11. The highest BCUT2D eigenvalue weighted by Gasteiger charge is 2.41. The molecule has 2 heterocycles. The van der Waals surface area contributed by atoms with Crippen molar-refractivity contribution in [1.82, 2.24) is 15.3 Å². The van der Waals surface area contributed by atoms with Crippen LogP contribution in [-0.2, 0) is 9.59 Å². The van der Waals surface area contributed by atoms with Crippen molar-refractivity contribution in [2.45, 2.75) is 18.9 Å². The third-order valence-electron chi connectivity index (χ3n) is 5.06. The maximum Gasteiger partial charge on any atom is 0.248 e. The normalized spacial score (nSPS) is 24.6. The Morgan fingerprint density at radius 1 is 1.20 bits per heavy atom. The molecule has 6 heteroatoms. The van der Waals surface area contributed by atoms with E-state index in [9.17, 15) is 9.59 Å². The number of hydrogen-bond donors (Lipinski definition) is 2. The van der Waals surface area contributed by atoms with Gasteiger partial charge in [-0.15, -0.1) is 0 Å². The number of hydrogen-bond acceptors (Lipinski definition) is 4. The largest absolute Gasteiger partial charge is 0.337 e. The summed E-state index contributed by atoms with van der Waals surface area (Å²) in [4.78, 5) is 28.7. The molecule has 2 aliphatic heterocycles. The van der Waals surface area contributed by atoms with Crippen LogP contribution in [0.5, 0.6) is 0 Å². The molecular formula is C19H24N3O3. The van der Waals surface area contributed by atoms with Crippen molar-refractivity contribution in [3.05, 3.63) is 48.4 Å². The molecule has 1 saturated heterocycles. The lowest BCUT2D eigenvalue weighted by Crippen LogP contribution is -2.57. The zero-order chi connectivity index (χ0) is 17.8. The Morgan fingerprint density at radius 3 is 2.60 bits per heavy atom. The summed E-state index contributed by atoms with van der Waals surface area (Å²) in [6.07, 6.45) is 5.35. The van der Waals surface area contributed by atoms with E-state index in [0.29, 0.717) is 26.1 Å². The molecule has 133 valence electrons. The Balaban J connectivity index is 1.72. The van der Waals surface area contributed by atoms with Gasteiger partial charge < -0.3 is 4.90 Å². The summed E-state index contributed by atoms with van der Waals surface area (Å²) >= 11 is 0. The molecule has 6 nitrogen and oxygen atoms in total. The van der Waals surface area contributed by atoms with Crippen LogP contribution in [0.25, 0.3) is 5.57 Å². The van der Waals surface area contributed by atoms with E-state index in [0.717, 1.165) is 6.42 Å². The smallest absolute Gasteiger partial charge is 0.248 e. The number of hydroxylamine groups is 1. The number of carbonyl (C=O) groups excluding carboxylic acids is 2. The van der Waals surface area contributed by atoms with Crippen LogP contribution in [0, 0.1) is 12.3 Å². The van der Waals surface area contributed by atoms with Crippen LogP contribution in [0.4, 0.5) is 0 Å². The molecule has 2 N–H and O–H groups in total. The third-order valence-corrected chi connectivity index (χ3v) is 5.06. The van der Waals surface area contributed by atoms with E-state index in [1.54, 1.807) is 10.4 Å². The van der Waals surface area contributed by atoms with Gasteiger partial charge in [0.2, 0.25) is 11.8 Å². The van der Waals surface area contributed by atoms with Gasteiger partial charge in [0.1, 0.15) is 6.04 Å². The lowest BCUT2D eigenvalue weighted by atomic mass is 9.87. The Kier molecular flexibility index (Phi) is 5.50. The standard InChI is InChI=1S/C19H24N3O3/c1-21-11-5-8-16(18(23)20-25)17(21)19(24)22-12-9-15(10-13-22)14-6-3-2-4-7-14/h2-7,9,16-17,25H,8,10-13H2,1H3,(H,20,23)/t16-,17-/m0/s1. The number of likely N-dealkylation sites (N-methyl/N-ethyl adjacent to an activating group) is 1. The highest BCUT2D eigenvalue weighted by molar-refractivity contribution is 5.90. The summed E-state index contributed by atoms with van der Waals surface area (Å²) in [7, 11) is 1.84. The number of nitrogens with zero attached hydrogens (tertiary/aromatic N) is 2. The Labute approximate surface area is 148 Å². The molecule has 2 atom stereocenters. The van der Waals surface area contributed by atoms with Gasteiger partial charge in [0, 0.05) is 19.6 Å². The van der Waals surface area contributed by atoms with Gasteiger partial charge in [0.05, 0.1) is 5.92 Å². The second-order valence-corrected chi connectivity index (χ2v) is 6.62. The molecular weight excluding hydrogens is 318 g/mol. The minimum Gasteiger partial charge on any atom is -0.337 e. The molecule has 0 bridgehead atoms. The van der Waals surface area contributed by atoms with Crippen LogP contribution >= 0.6 is 0 Å². The van der Waals surface area contributed by atoms with Gasteiger partial charge in [0.15, 0.2) is 0 Å². The zero-order valence-corrected chi connectivity index (χ0v) is 14.4. The topological polar surface area (TPSA) is 72.9 Å². The fourth-order valence-corrected chi connectivity index (χ4v) is 3.67. The van der Waals surface area contributed by atoms with Gasteiger partial charge in [-0.3, -0.25) is 19.7 Å². The van der Waals surface area contributed by atoms with Crippen molar-refractivity contribution in [2.75, 3.05) is 26.7 Å². The molecule has 0 unspecified atom stereocenters. The lowest BCUT2D eigenvalue weighted by Gasteiger charge is -2.40. The minimum absolute atomic E-state index is 0.0486. The third kappa shape index (κ3) is 3.75. The first kappa shape index (κ1) is 17.6. The molecule has 3 rings (SSSR count).